The first-order valence-electron chi connectivity index (χ1n) is 8.79. The minimum Gasteiger partial charge on any atom is -0.285 e. The fraction of sp³-hybridized carbons (Fsp3) is 0.0435. The van der Waals surface area contributed by atoms with Crippen molar-refractivity contribution in [1.29, 1.82) is 0 Å². The zero-order chi connectivity index (χ0) is 19.5. The highest BCUT2D eigenvalue weighted by Gasteiger charge is 2.12. The summed E-state index contributed by atoms with van der Waals surface area (Å²) in [6.45, 7) is 2.05. The van der Waals surface area contributed by atoms with Crippen molar-refractivity contribution in [3.05, 3.63) is 105 Å². The van der Waals surface area contributed by atoms with E-state index in [-0.39, 0.29) is 5.91 Å². The molecule has 0 spiro atoms. The molecule has 0 aliphatic carbocycles. The van der Waals surface area contributed by atoms with Crippen molar-refractivity contribution in [1.82, 2.24) is 4.57 Å². The highest BCUT2D eigenvalue weighted by molar-refractivity contribution is 7.07. The Morgan fingerprint density at radius 2 is 1.61 bits per heavy atom. The van der Waals surface area contributed by atoms with Crippen LogP contribution in [-0.2, 0) is 0 Å². The summed E-state index contributed by atoms with van der Waals surface area (Å²) in [6, 6.07) is 25.1. The molecule has 4 aromatic rings. The summed E-state index contributed by atoms with van der Waals surface area (Å²) in [5, 5.41) is 2.62. The van der Waals surface area contributed by atoms with Gasteiger partial charge in [-0.2, -0.15) is 4.99 Å². The van der Waals surface area contributed by atoms with Gasteiger partial charge in [-0.05, 0) is 48.9 Å². The summed E-state index contributed by atoms with van der Waals surface area (Å²) in [5.74, 6) is -0.293. The van der Waals surface area contributed by atoms with Gasteiger partial charge in [0.25, 0.3) is 5.91 Å². The van der Waals surface area contributed by atoms with Gasteiger partial charge >= 0.3 is 0 Å². The lowest BCUT2D eigenvalue weighted by molar-refractivity contribution is 0.0998. The molecule has 1 amide bonds. The molecule has 3 aromatic carbocycles. The number of amides is 1. The summed E-state index contributed by atoms with van der Waals surface area (Å²) in [7, 11) is 0. The predicted molar refractivity (Wildman–Crippen MR) is 115 cm³/mol. The molecule has 0 saturated carbocycles. The van der Waals surface area contributed by atoms with Crippen molar-refractivity contribution in [2.24, 2.45) is 4.99 Å². The van der Waals surface area contributed by atoms with Gasteiger partial charge in [-0.1, -0.05) is 59.6 Å². The molecule has 4 rings (SSSR count). The van der Waals surface area contributed by atoms with Crippen LogP contribution in [0.25, 0.3) is 16.9 Å². The van der Waals surface area contributed by atoms with E-state index in [1.54, 1.807) is 24.3 Å². The summed E-state index contributed by atoms with van der Waals surface area (Å²) in [5.41, 5.74) is 4.72. The number of thiazole rings is 1. The number of halogens is 1. The maximum absolute atomic E-state index is 12.7. The fourth-order valence-corrected chi connectivity index (χ4v) is 3.92. The Morgan fingerprint density at radius 3 is 2.29 bits per heavy atom. The number of benzene rings is 3. The Bertz CT molecular complexity index is 1170. The van der Waals surface area contributed by atoms with Gasteiger partial charge in [-0.25, -0.2) is 0 Å². The minimum atomic E-state index is -0.293. The predicted octanol–water partition coefficient (Wildman–Crippen LogP) is 5.91. The maximum atomic E-state index is 12.7. The second kappa shape index (κ2) is 7.97. The van der Waals surface area contributed by atoms with Gasteiger partial charge in [0.1, 0.15) is 0 Å². The van der Waals surface area contributed by atoms with E-state index in [0.29, 0.717) is 15.4 Å². The molecular formula is C23H17ClN2OS. The van der Waals surface area contributed by atoms with Gasteiger partial charge in [0.2, 0.25) is 0 Å². The van der Waals surface area contributed by atoms with Crippen molar-refractivity contribution >= 4 is 28.8 Å². The summed E-state index contributed by atoms with van der Waals surface area (Å²) < 4.78 is 2.02. The van der Waals surface area contributed by atoms with Crippen LogP contribution < -0.4 is 4.80 Å². The Kier molecular flexibility index (Phi) is 5.24. The molecule has 0 atom stereocenters. The number of aryl methyl sites for hydroxylation is 1. The largest absolute Gasteiger partial charge is 0.285 e. The summed E-state index contributed by atoms with van der Waals surface area (Å²) in [6.07, 6.45) is 0. The SMILES string of the molecule is Cc1ccc(-n2c(-c3ccccc3)csc2=NC(=O)c2ccc(Cl)cc2)cc1. The van der Waals surface area contributed by atoms with E-state index in [1.807, 2.05) is 40.3 Å². The molecule has 0 aliphatic rings. The number of hydrogen-bond acceptors (Lipinski definition) is 2. The van der Waals surface area contributed by atoms with Crippen LogP contribution in [0.1, 0.15) is 15.9 Å². The van der Waals surface area contributed by atoms with E-state index < -0.39 is 0 Å². The lowest BCUT2D eigenvalue weighted by atomic mass is 10.1. The van der Waals surface area contributed by atoms with Crippen LogP contribution in [0.3, 0.4) is 0 Å². The number of hydrogen-bond donors (Lipinski definition) is 0. The van der Waals surface area contributed by atoms with Crippen LogP contribution in [-0.4, -0.2) is 10.5 Å². The Balaban J connectivity index is 1.88. The average molecular weight is 405 g/mol. The Labute approximate surface area is 172 Å². The lowest BCUT2D eigenvalue weighted by Gasteiger charge is -2.09. The monoisotopic (exact) mass is 404 g/mol. The van der Waals surface area contributed by atoms with Crippen molar-refractivity contribution in [2.45, 2.75) is 6.92 Å². The van der Waals surface area contributed by atoms with Gasteiger partial charge in [-0.3, -0.25) is 9.36 Å². The Hall–Kier alpha value is -2.95. The van der Waals surface area contributed by atoms with Gasteiger partial charge in [-0.15, -0.1) is 11.3 Å². The molecule has 0 radical (unpaired) electrons. The maximum Gasteiger partial charge on any atom is 0.279 e. The topological polar surface area (TPSA) is 34.4 Å². The molecule has 5 heteroatoms. The molecule has 1 aromatic heterocycles. The fourth-order valence-electron chi connectivity index (χ4n) is 2.89. The number of rotatable bonds is 3. The first-order valence-corrected chi connectivity index (χ1v) is 10.1. The van der Waals surface area contributed by atoms with Gasteiger partial charge in [0.15, 0.2) is 4.80 Å². The van der Waals surface area contributed by atoms with Crippen LogP contribution in [0.15, 0.2) is 89.2 Å². The van der Waals surface area contributed by atoms with E-state index in [4.69, 9.17) is 11.6 Å². The van der Waals surface area contributed by atoms with Crippen LogP contribution in [0.4, 0.5) is 0 Å². The van der Waals surface area contributed by atoms with Gasteiger partial charge in [0.05, 0.1) is 5.69 Å². The first-order chi connectivity index (χ1) is 13.6. The molecule has 0 bridgehead atoms. The highest BCUT2D eigenvalue weighted by Crippen LogP contribution is 2.23. The third-order valence-electron chi connectivity index (χ3n) is 4.36. The number of carbonyl (C=O) groups is 1. The molecule has 0 unspecified atom stereocenters. The molecule has 28 heavy (non-hydrogen) atoms. The van der Waals surface area contributed by atoms with Crippen LogP contribution >= 0.6 is 22.9 Å². The van der Waals surface area contributed by atoms with E-state index in [0.717, 1.165) is 16.9 Å². The average Bonchev–Trinajstić information content (AvgIpc) is 3.13. The quantitative estimate of drug-likeness (QED) is 0.418. The molecule has 0 N–H and O–H groups in total. The highest BCUT2D eigenvalue weighted by atomic mass is 35.5. The van der Waals surface area contributed by atoms with Crippen molar-refractivity contribution in [3.63, 3.8) is 0 Å². The van der Waals surface area contributed by atoms with E-state index >= 15 is 0 Å². The van der Waals surface area contributed by atoms with Gasteiger partial charge in [0, 0.05) is 21.7 Å². The second-order valence-corrected chi connectivity index (χ2v) is 7.64. The van der Waals surface area contributed by atoms with Crippen LogP contribution in [0, 0.1) is 6.92 Å². The minimum absolute atomic E-state index is 0.293. The smallest absolute Gasteiger partial charge is 0.279 e. The molecule has 138 valence electrons. The third-order valence-corrected chi connectivity index (χ3v) is 5.44. The van der Waals surface area contributed by atoms with Crippen molar-refractivity contribution in [2.75, 3.05) is 0 Å². The second-order valence-electron chi connectivity index (χ2n) is 6.36. The zero-order valence-electron chi connectivity index (χ0n) is 15.2. The number of aromatic nitrogens is 1. The number of carbonyl (C=O) groups excluding carboxylic acids is 1. The number of nitrogens with zero attached hydrogens (tertiary/aromatic N) is 2. The van der Waals surface area contributed by atoms with E-state index in [1.165, 1.54) is 16.9 Å². The molecule has 0 fully saturated rings. The van der Waals surface area contributed by atoms with Gasteiger partial charge < -0.3 is 0 Å². The third kappa shape index (κ3) is 3.84. The van der Waals surface area contributed by atoms with E-state index in [9.17, 15) is 4.79 Å². The van der Waals surface area contributed by atoms with E-state index in [2.05, 4.69) is 36.2 Å². The van der Waals surface area contributed by atoms with Crippen molar-refractivity contribution in [3.8, 4) is 16.9 Å². The zero-order valence-corrected chi connectivity index (χ0v) is 16.7. The summed E-state index contributed by atoms with van der Waals surface area (Å²) >= 11 is 7.37. The summed E-state index contributed by atoms with van der Waals surface area (Å²) in [4.78, 5) is 17.7. The normalized spacial score (nSPS) is 11.6. The first kappa shape index (κ1) is 18.4. The van der Waals surface area contributed by atoms with Crippen molar-refractivity contribution < 1.29 is 4.79 Å². The molecule has 0 aliphatic heterocycles. The van der Waals surface area contributed by atoms with Crippen LogP contribution in [0.5, 0.6) is 0 Å². The molecule has 1 heterocycles. The van der Waals surface area contributed by atoms with Crippen LogP contribution in [0.2, 0.25) is 5.02 Å². The molecule has 3 nitrogen and oxygen atoms in total. The molecule has 0 saturated heterocycles. The standard InChI is InChI=1S/C23H17ClN2OS/c1-16-7-13-20(14-8-16)26-21(17-5-3-2-4-6-17)15-28-23(26)25-22(27)18-9-11-19(24)12-10-18/h2-15H,1H3. The molecular weight excluding hydrogens is 388 g/mol. The Morgan fingerprint density at radius 1 is 0.929 bits per heavy atom. The lowest BCUT2D eigenvalue weighted by Crippen LogP contribution is -2.16.